The average Bonchev–Trinajstić information content (AvgIpc) is 3.39. The van der Waals surface area contributed by atoms with Crippen LogP contribution < -0.4 is 0 Å². The number of Topliss-reactive ketones (excluding diaryl/α,β-unsaturated/α-hetero) is 1. The highest BCUT2D eigenvalue weighted by Crippen LogP contribution is 2.75. The van der Waals surface area contributed by atoms with Gasteiger partial charge in [0.15, 0.2) is 12.1 Å². The summed E-state index contributed by atoms with van der Waals surface area (Å²) in [4.78, 5) is 13.8. The van der Waals surface area contributed by atoms with E-state index >= 15 is 0 Å². The fourth-order valence-electron chi connectivity index (χ4n) is 9.79. The molecule has 8 nitrogen and oxygen atoms in total. The van der Waals surface area contributed by atoms with Gasteiger partial charge in [-0.1, -0.05) is 64.7 Å². The van der Waals surface area contributed by atoms with Crippen molar-refractivity contribution in [2.24, 2.45) is 34.0 Å². The molecular formula is C31H47N3O5. The maximum Gasteiger partial charge on any atom is 0.170 e. The van der Waals surface area contributed by atoms with E-state index in [1.54, 1.807) is 0 Å². The Kier molecular flexibility index (Phi) is 7.09. The number of ether oxygens (including phenoxy) is 2. The van der Waals surface area contributed by atoms with Gasteiger partial charge in [-0.05, 0) is 55.4 Å². The molecule has 2 spiro atoms. The van der Waals surface area contributed by atoms with Gasteiger partial charge < -0.3 is 19.7 Å². The first-order valence-corrected chi connectivity index (χ1v) is 15.4. The fraction of sp³-hybridized carbons (Fsp3) is 0.839. The van der Waals surface area contributed by atoms with Gasteiger partial charge in [0.25, 0.3) is 0 Å². The minimum absolute atomic E-state index is 0.0294. The molecule has 1 aromatic heterocycles. The lowest BCUT2D eigenvalue weighted by Crippen LogP contribution is -2.78. The van der Waals surface area contributed by atoms with Gasteiger partial charge >= 0.3 is 0 Å². The van der Waals surface area contributed by atoms with Crippen molar-refractivity contribution in [2.75, 3.05) is 6.61 Å². The van der Waals surface area contributed by atoms with Gasteiger partial charge in [0.1, 0.15) is 0 Å². The van der Waals surface area contributed by atoms with Crippen LogP contribution in [0.3, 0.4) is 0 Å². The van der Waals surface area contributed by atoms with Crippen LogP contribution in [0.5, 0.6) is 0 Å². The van der Waals surface area contributed by atoms with Gasteiger partial charge in [0, 0.05) is 23.4 Å². The first kappa shape index (κ1) is 27.6. The van der Waals surface area contributed by atoms with Crippen LogP contribution in [0.1, 0.15) is 90.7 Å². The van der Waals surface area contributed by atoms with Crippen molar-refractivity contribution >= 4 is 5.78 Å². The number of aryl methyl sites for hydroxylation is 1. The van der Waals surface area contributed by atoms with Crippen LogP contribution in [0.2, 0.25) is 0 Å². The molecule has 216 valence electrons. The van der Waals surface area contributed by atoms with Crippen LogP contribution in [-0.4, -0.2) is 62.2 Å². The maximum absolute atomic E-state index is 13.8. The standard InChI is InChI=1S/C31H47N3O5/c1-5-6-7-8-9-11-20-18-34(33-32-20)14-15-38-28-30-13-10-12-29(3,4)23(30)17-24(39-28)31-25(30)22(35)16-21(27(31)37)19(2)26(31)36/h18,21-25,27-28,35,37H,2,5-17H2,1,3-4H3/t21-,22-,23+,24+,25-,27+,28-,30-,31+/m0/s1. The Morgan fingerprint density at radius 2 is 1.97 bits per heavy atom. The van der Waals surface area contributed by atoms with Gasteiger partial charge in [-0.2, -0.15) is 0 Å². The molecule has 2 N–H and O–H groups in total. The monoisotopic (exact) mass is 541 g/mol. The van der Waals surface area contributed by atoms with Crippen molar-refractivity contribution in [3.05, 3.63) is 24.0 Å². The number of hydrogen-bond acceptors (Lipinski definition) is 7. The zero-order valence-electron chi connectivity index (χ0n) is 24.0. The Balaban J connectivity index is 1.21. The third kappa shape index (κ3) is 3.95. The van der Waals surface area contributed by atoms with E-state index in [1.165, 1.54) is 25.7 Å². The molecule has 9 atom stereocenters. The lowest BCUT2D eigenvalue weighted by molar-refractivity contribution is -0.402. The molecular weight excluding hydrogens is 494 g/mol. The molecule has 7 rings (SSSR count). The van der Waals surface area contributed by atoms with Crippen LogP contribution in [0.15, 0.2) is 18.3 Å². The van der Waals surface area contributed by atoms with E-state index in [2.05, 4.69) is 37.7 Å². The van der Waals surface area contributed by atoms with Gasteiger partial charge in [0.2, 0.25) is 0 Å². The van der Waals surface area contributed by atoms with Crippen LogP contribution in [0.4, 0.5) is 0 Å². The smallest absolute Gasteiger partial charge is 0.170 e. The predicted octanol–water partition coefficient (Wildman–Crippen LogP) is 4.23. The number of ketones is 1. The van der Waals surface area contributed by atoms with Crippen molar-refractivity contribution < 1.29 is 24.5 Å². The number of rotatable bonds is 10. The molecule has 4 bridgehead atoms. The molecule has 8 heteroatoms. The minimum Gasteiger partial charge on any atom is -0.393 e. The number of aromatic nitrogens is 3. The molecule has 0 aromatic carbocycles. The molecule has 0 unspecified atom stereocenters. The first-order chi connectivity index (χ1) is 18.7. The van der Waals surface area contributed by atoms with E-state index in [0.717, 1.165) is 37.8 Å². The van der Waals surface area contributed by atoms with E-state index in [-0.39, 0.29) is 23.0 Å². The minimum atomic E-state index is -1.11. The molecule has 6 fully saturated rings. The summed E-state index contributed by atoms with van der Waals surface area (Å²) in [5.74, 6) is -0.624. The zero-order chi connectivity index (χ0) is 27.6. The molecule has 2 saturated heterocycles. The topological polar surface area (TPSA) is 107 Å². The summed E-state index contributed by atoms with van der Waals surface area (Å²) in [6.07, 6.45) is 10.6. The van der Waals surface area contributed by atoms with Gasteiger partial charge in [-0.25, -0.2) is 4.68 Å². The molecule has 0 amide bonds. The first-order valence-electron chi connectivity index (χ1n) is 15.4. The van der Waals surface area contributed by atoms with Crippen molar-refractivity contribution in [1.82, 2.24) is 15.0 Å². The summed E-state index contributed by atoms with van der Waals surface area (Å²) in [7, 11) is 0. The third-order valence-electron chi connectivity index (χ3n) is 11.4. The highest BCUT2D eigenvalue weighted by Gasteiger charge is 2.81. The Labute approximate surface area is 232 Å². The number of aliphatic hydroxyl groups excluding tert-OH is 2. The van der Waals surface area contributed by atoms with E-state index < -0.39 is 41.3 Å². The van der Waals surface area contributed by atoms with E-state index in [4.69, 9.17) is 9.47 Å². The lowest BCUT2D eigenvalue weighted by atomic mass is 9.37. The quantitative estimate of drug-likeness (QED) is 0.337. The Hall–Kier alpha value is -1.61. The van der Waals surface area contributed by atoms with Crippen molar-refractivity contribution in [2.45, 2.75) is 123 Å². The highest BCUT2D eigenvalue weighted by molar-refractivity contribution is 6.04. The van der Waals surface area contributed by atoms with Gasteiger partial charge in [0.05, 0.1) is 42.6 Å². The van der Waals surface area contributed by atoms with Crippen LogP contribution >= 0.6 is 0 Å². The third-order valence-corrected chi connectivity index (χ3v) is 11.4. The largest absolute Gasteiger partial charge is 0.393 e. The number of aliphatic hydroxyl groups is 2. The summed E-state index contributed by atoms with van der Waals surface area (Å²) in [5.41, 5.74) is -0.132. The fourth-order valence-corrected chi connectivity index (χ4v) is 9.79. The average molecular weight is 542 g/mol. The van der Waals surface area contributed by atoms with E-state index in [1.807, 2.05) is 10.9 Å². The zero-order valence-corrected chi connectivity index (χ0v) is 24.0. The molecule has 1 aromatic rings. The highest BCUT2D eigenvalue weighted by atomic mass is 16.7. The van der Waals surface area contributed by atoms with E-state index in [9.17, 15) is 15.0 Å². The summed E-state index contributed by atoms with van der Waals surface area (Å²) < 4.78 is 15.1. The predicted molar refractivity (Wildman–Crippen MR) is 145 cm³/mol. The second kappa shape index (κ2) is 10.0. The molecule has 0 radical (unpaired) electrons. The second-order valence-electron chi connectivity index (χ2n) is 13.8. The summed E-state index contributed by atoms with van der Waals surface area (Å²) in [6, 6.07) is 0. The van der Waals surface area contributed by atoms with E-state index in [0.29, 0.717) is 31.6 Å². The second-order valence-corrected chi connectivity index (χ2v) is 13.8. The SMILES string of the molecule is C=C1C(=O)[C@]23[C@H](O)[C@H]1C[C@H](O)[C@H]2[C@]12CCCC(C)(C)[C@H]1C[C@H]3O[C@@H]2OCCn1cc(CCCCCCC)nn1. The van der Waals surface area contributed by atoms with Crippen molar-refractivity contribution in [3.63, 3.8) is 0 Å². The molecule has 39 heavy (non-hydrogen) atoms. The Bertz CT molecular complexity index is 1100. The molecule has 4 aliphatic carbocycles. The Morgan fingerprint density at radius 3 is 2.77 bits per heavy atom. The molecule has 4 saturated carbocycles. The summed E-state index contributed by atoms with van der Waals surface area (Å²) in [6.45, 7) is 11.9. The number of carbonyl (C=O) groups excluding carboxylic acids is 1. The number of nitrogens with zero attached hydrogens (tertiary/aromatic N) is 3. The van der Waals surface area contributed by atoms with Crippen LogP contribution in [0, 0.1) is 34.0 Å². The molecule has 6 aliphatic rings. The van der Waals surface area contributed by atoms with Crippen molar-refractivity contribution in [3.8, 4) is 0 Å². The summed E-state index contributed by atoms with van der Waals surface area (Å²) in [5, 5.41) is 31.9. The van der Waals surface area contributed by atoms with Crippen LogP contribution in [0.25, 0.3) is 0 Å². The van der Waals surface area contributed by atoms with Crippen molar-refractivity contribution in [1.29, 1.82) is 0 Å². The molecule has 2 aliphatic heterocycles. The normalized spacial score (nSPS) is 42.0. The maximum atomic E-state index is 13.8. The Morgan fingerprint density at radius 1 is 1.18 bits per heavy atom. The van der Waals surface area contributed by atoms with Crippen LogP contribution in [-0.2, 0) is 27.2 Å². The number of fused-ring (bicyclic) bond motifs is 2. The lowest BCUT2D eigenvalue weighted by Gasteiger charge is -2.72. The number of hydrogen-bond donors (Lipinski definition) is 2. The summed E-state index contributed by atoms with van der Waals surface area (Å²) >= 11 is 0. The number of carbonyl (C=O) groups is 1. The number of unbranched alkanes of at least 4 members (excludes halogenated alkanes) is 4. The van der Waals surface area contributed by atoms with Gasteiger partial charge in [-0.3, -0.25) is 4.79 Å². The molecule has 3 heterocycles. The van der Waals surface area contributed by atoms with Gasteiger partial charge in [-0.15, -0.1) is 5.10 Å².